The summed E-state index contributed by atoms with van der Waals surface area (Å²) in [5, 5.41) is 0.809. The highest BCUT2D eigenvalue weighted by Crippen LogP contribution is 2.27. The highest BCUT2D eigenvalue weighted by atomic mass is 35.5. The maximum atomic E-state index is 12.6. The molecule has 1 amide bonds. The number of carbonyl (C=O) groups excluding carboxylic acids is 1. The fourth-order valence-corrected chi connectivity index (χ4v) is 4.65. The SMILES string of the molecule is O=C(COc1ccc(Cl)cc1Cl)N1CCN(S(=O)(=O)c2ccccc2)CC1. The number of rotatable bonds is 5. The van der Waals surface area contributed by atoms with E-state index in [2.05, 4.69) is 0 Å². The second kappa shape index (κ2) is 8.48. The molecule has 1 saturated heterocycles. The summed E-state index contributed by atoms with van der Waals surface area (Å²) in [5.74, 6) is 0.150. The minimum atomic E-state index is -3.54. The third kappa shape index (κ3) is 4.73. The second-order valence-corrected chi connectivity index (χ2v) is 8.74. The van der Waals surface area contributed by atoms with Gasteiger partial charge in [-0.05, 0) is 30.3 Å². The van der Waals surface area contributed by atoms with Gasteiger partial charge >= 0.3 is 0 Å². The van der Waals surface area contributed by atoms with Crippen molar-refractivity contribution in [1.82, 2.24) is 9.21 Å². The molecule has 0 saturated carbocycles. The molecule has 1 heterocycles. The van der Waals surface area contributed by atoms with Gasteiger partial charge in [0.1, 0.15) is 5.75 Å². The molecule has 0 radical (unpaired) electrons. The van der Waals surface area contributed by atoms with Crippen molar-refractivity contribution in [2.45, 2.75) is 4.90 Å². The van der Waals surface area contributed by atoms with Crippen LogP contribution in [0, 0.1) is 0 Å². The lowest BCUT2D eigenvalue weighted by Crippen LogP contribution is -2.51. The van der Waals surface area contributed by atoms with Crippen molar-refractivity contribution < 1.29 is 17.9 Å². The average Bonchev–Trinajstić information content (AvgIpc) is 2.68. The van der Waals surface area contributed by atoms with Crippen LogP contribution in [-0.4, -0.2) is 56.3 Å². The van der Waals surface area contributed by atoms with Crippen molar-refractivity contribution in [3.8, 4) is 5.75 Å². The summed E-state index contributed by atoms with van der Waals surface area (Å²) in [6.07, 6.45) is 0. The van der Waals surface area contributed by atoms with Crippen LogP contribution in [0.1, 0.15) is 0 Å². The van der Waals surface area contributed by atoms with E-state index in [1.54, 1.807) is 47.4 Å². The monoisotopic (exact) mass is 428 g/mol. The summed E-state index contributed by atoms with van der Waals surface area (Å²) in [7, 11) is -3.54. The number of amides is 1. The van der Waals surface area contributed by atoms with E-state index in [9.17, 15) is 13.2 Å². The Kier molecular flexibility index (Phi) is 6.26. The van der Waals surface area contributed by atoms with Crippen LogP contribution in [0.5, 0.6) is 5.75 Å². The zero-order chi connectivity index (χ0) is 19.4. The molecule has 0 unspecified atom stereocenters. The molecule has 0 atom stereocenters. The Labute approximate surface area is 168 Å². The minimum absolute atomic E-state index is 0.174. The molecule has 1 aliphatic heterocycles. The molecule has 1 aliphatic rings. The molecule has 0 spiro atoms. The van der Waals surface area contributed by atoms with E-state index in [-0.39, 0.29) is 30.5 Å². The number of piperazine rings is 1. The molecule has 144 valence electrons. The van der Waals surface area contributed by atoms with Crippen LogP contribution in [0.3, 0.4) is 0 Å². The zero-order valence-corrected chi connectivity index (χ0v) is 16.7. The normalized spacial score (nSPS) is 15.6. The Balaban J connectivity index is 1.55. The zero-order valence-electron chi connectivity index (χ0n) is 14.3. The van der Waals surface area contributed by atoms with Gasteiger partial charge in [0.05, 0.1) is 9.92 Å². The van der Waals surface area contributed by atoms with Crippen LogP contribution >= 0.6 is 23.2 Å². The van der Waals surface area contributed by atoms with Crippen molar-refractivity contribution in [3.05, 3.63) is 58.6 Å². The van der Waals surface area contributed by atoms with Crippen molar-refractivity contribution in [3.63, 3.8) is 0 Å². The van der Waals surface area contributed by atoms with Gasteiger partial charge in [0.15, 0.2) is 6.61 Å². The van der Waals surface area contributed by atoms with E-state index in [1.165, 1.54) is 10.4 Å². The highest BCUT2D eigenvalue weighted by Gasteiger charge is 2.30. The van der Waals surface area contributed by atoms with E-state index in [0.29, 0.717) is 28.9 Å². The fourth-order valence-electron chi connectivity index (χ4n) is 2.74. The molecule has 0 bridgehead atoms. The van der Waals surface area contributed by atoms with Crippen molar-refractivity contribution in [1.29, 1.82) is 0 Å². The molecule has 2 aromatic carbocycles. The summed E-state index contributed by atoms with van der Waals surface area (Å²) < 4.78 is 32.1. The predicted molar refractivity (Wildman–Crippen MR) is 104 cm³/mol. The smallest absolute Gasteiger partial charge is 0.260 e. The first-order chi connectivity index (χ1) is 12.9. The molecular formula is C18H18Cl2N2O4S. The number of hydrogen-bond donors (Lipinski definition) is 0. The number of benzene rings is 2. The van der Waals surface area contributed by atoms with Crippen molar-refractivity contribution in [2.75, 3.05) is 32.8 Å². The van der Waals surface area contributed by atoms with Crippen LogP contribution in [-0.2, 0) is 14.8 Å². The second-order valence-electron chi connectivity index (χ2n) is 5.96. The van der Waals surface area contributed by atoms with E-state index >= 15 is 0 Å². The van der Waals surface area contributed by atoms with Gasteiger partial charge in [-0.1, -0.05) is 41.4 Å². The Morgan fingerprint density at radius 2 is 1.67 bits per heavy atom. The molecule has 0 aliphatic carbocycles. The lowest BCUT2D eigenvalue weighted by molar-refractivity contribution is -0.134. The Hall–Kier alpha value is -1.80. The first kappa shape index (κ1) is 19.9. The average molecular weight is 429 g/mol. The van der Waals surface area contributed by atoms with Crippen LogP contribution < -0.4 is 4.74 Å². The Morgan fingerprint density at radius 3 is 2.30 bits per heavy atom. The van der Waals surface area contributed by atoms with Gasteiger partial charge in [-0.15, -0.1) is 0 Å². The molecular weight excluding hydrogens is 411 g/mol. The van der Waals surface area contributed by atoms with Gasteiger partial charge in [0, 0.05) is 31.2 Å². The molecule has 6 nitrogen and oxygen atoms in total. The summed E-state index contributed by atoms with van der Waals surface area (Å²) in [4.78, 5) is 14.2. The van der Waals surface area contributed by atoms with E-state index in [1.807, 2.05) is 0 Å². The van der Waals surface area contributed by atoms with Gasteiger partial charge < -0.3 is 9.64 Å². The van der Waals surface area contributed by atoms with E-state index in [4.69, 9.17) is 27.9 Å². The van der Waals surface area contributed by atoms with Gasteiger partial charge in [-0.3, -0.25) is 4.79 Å². The van der Waals surface area contributed by atoms with Gasteiger partial charge in [0.25, 0.3) is 5.91 Å². The third-order valence-electron chi connectivity index (χ3n) is 4.22. The number of halogens is 2. The van der Waals surface area contributed by atoms with Gasteiger partial charge in [0.2, 0.25) is 10.0 Å². The maximum absolute atomic E-state index is 12.6. The van der Waals surface area contributed by atoms with Gasteiger partial charge in [-0.25, -0.2) is 8.42 Å². The predicted octanol–water partition coefficient (Wildman–Crippen LogP) is 2.91. The molecule has 3 rings (SSSR count). The lowest BCUT2D eigenvalue weighted by atomic mass is 10.3. The minimum Gasteiger partial charge on any atom is -0.482 e. The largest absolute Gasteiger partial charge is 0.482 e. The van der Waals surface area contributed by atoms with Gasteiger partial charge in [-0.2, -0.15) is 4.31 Å². The molecule has 0 N–H and O–H groups in total. The molecule has 2 aromatic rings. The lowest BCUT2D eigenvalue weighted by Gasteiger charge is -2.34. The number of nitrogens with zero attached hydrogens (tertiary/aromatic N) is 2. The number of sulfonamides is 1. The van der Waals surface area contributed by atoms with Crippen LogP contribution in [0.15, 0.2) is 53.4 Å². The number of hydrogen-bond acceptors (Lipinski definition) is 4. The number of carbonyl (C=O) groups is 1. The summed E-state index contributed by atoms with van der Waals surface area (Å²) in [6, 6.07) is 13.0. The molecule has 0 aromatic heterocycles. The first-order valence-corrected chi connectivity index (χ1v) is 10.5. The van der Waals surface area contributed by atoms with Crippen LogP contribution in [0.25, 0.3) is 0 Å². The Bertz CT molecular complexity index is 914. The van der Waals surface area contributed by atoms with Crippen molar-refractivity contribution in [2.24, 2.45) is 0 Å². The maximum Gasteiger partial charge on any atom is 0.260 e. The molecule has 9 heteroatoms. The summed E-state index contributed by atoms with van der Waals surface area (Å²) >= 11 is 11.8. The Morgan fingerprint density at radius 1 is 1.00 bits per heavy atom. The fraction of sp³-hybridized carbons (Fsp3) is 0.278. The van der Waals surface area contributed by atoms with Crippen LogP contribution in [0.4, 0.5) is 0 Å². The highest BCUT2D eigenvalue weighted by molar-refractivity contribution is 7.89. The molecule has 27 heavy (non-hydrogen) atoms. The quantitative estimate of drug-likeness (QED) is 0.733. The standard InChI is InChI=1S/C18H18Cl2N2O4S/c19-14-6-7-17(16(20)12-14)26-13-18(23)21-8-10-22(11-9-21)27(24,25)15-4-2-1-3-5-15/h1-7,12H,8-11,13H2. The number of ether oxygens (including phenoxy) is 1. The first-order valence-electron chi connectivity index (χ1n) is 8.29. The van der Waals surface area contributed by atoms with E-state index in [0.717, 1.165) is 0 Å². The van der Waals surface area contributed by atoms with E-state index < -0.39 is 10.0 Å². The molecule has 1 fully saturated rings. The van der Waals surface area contributed by atoms with Crippen molar-refractivity contribution >= 4 is 39.1 Å². The summed E-state index contributed by atoms with van der Waals surface area (Å²) in [6.45, 7) is 0.924. The topological polar surface area (TPSA) is 66.9 Å². The third-order valence-corrected chi connectivity index (χ3v) is 6.66. The van der Waals surface area contributed by atoms with Crippen LogP contribution in [0.2, 0.25) is 10.0 Å². The summed E-state index contributed by atoms with van der Waals surface area (Å²) in [5.41, 5.74) is 0.